The molecule has 0 bridgehead atoms. The van der Waals surface area contributed by atoms with Crippen LogP contribution in [0.2, 0.25) is 0 Å². The van der Waals surface area contributed by atoms with E-state index in [1.807, 2.05) is 11.3 Å². The third kappa shape index (κ3) is 2.39. The van der Waals surface area contributed by atoms with Crippen LogP contribution in [0.25, 0.3) is 21.9 Å². The highest BCUT2D eigenvalue weighted by Gasteiger charge is 2.16. The fourth-order valence-corrected chi connectivity index (χ4v) is 3.68. The summed E-state index contributed by atoms with van der Waals surface area (Å²) in [5.41, 5.74) is 3.92. The zero-order chi connectivity index (χ0) is 13.9. The molecule has 0 unspecified atom stereocenters. The minimum absolute atomic E-state index is 0.998. The quantitative estimate of drug-likeness (QED) is 0.608. The first-order chi connectivity index (χ1) is 9.79. The molecule has 2 aromatic carbocycles. The summed E-state index contributed by atoms with van der Waals surface area (Å²) in [5.74, 6) is 0. The Morgan fingerprint density at radius 3 is 2.50 bits per heavy atom. The Kier molecular flexibility index (Phi) is 3.66. The van der Waals surface area contributed by atoms with Gasteiger partial charge in [0.25, 0.3) is 5.01 Å². The van der Waals surface area contributed by atoms with E-state index in [4.69, 9.17) is 0 Å². The van der Waals surface area contributed by atoms with E-state index in [9.17, 15) is 0 Å². The van der Waals surface area contributed by atoms with Crippen LogP contribution in [0, 0.1) is 0 Å². The molecule has 0 aliphatic heterocycles. The number of aryl methyl sites for hydroxylation is 1. The number of aromatic nitrogens is 1. The molecule has 20 heavy (non-hydrogen) atoms. The molecule has 0 saturated heterocycles. The van der Waals surface area contributed by atoms with Gasteiger partial charge >= 0.3 is 0 Å². The van der Waals surface area contributed by atoms with E-state index >= 15 is 0 Å². The lowest BCUT2D eigenvalue weighted by Crippen LogP contribution is -2.33. The number of fused-ring (bicyclic) bond motifs is 1. The average molecular weight is 280 g/mol. The standard InChI is InChI=1S/C18H18NS/c1-3-19-16-11-7-8-12-17(16)20-18(19)13-14(2)15-9-5-4-6-10-15/h4-13H,3H2,1-2H3/q+1. The summed E-state index contributed by atoms with van der Waals surface area (Å²) in [7, 11) is 0. The molecule has 0 N–H and O–H groups in total. The van der Waals surface area contributed by atoms with Gasteiger partial charge in [-0.15, -0.1) is 0 Å². The molecule has 100 valence electrons. The molecule has 1 aromatic heterocycles. The molecule has 0 atom stereocenters. The molecule has 0 aliphatic carbocycles. The van der Waals surface area contributed by atoms with Crippen LogP contribution in [0.5, 0.6) is 0 Å². The van der Waals surface area contributed by atoms with Crippen molar-refractivity contribution in [2.45, 2.75) is 20.4 Å². The largest absolute Gasteiger partial charge is 0.263 e. The molecule has 0 fully saturated rings. The Labute approximate surface area is 123 Å². The van der Waals surface area contributed by atoms with Crippen LogP contribution < -0.4 is 4.57 Å². The number of allylic oxidation sites excluding steroid dienone is 1. The van der Waals surface area contributed by atoms with Gasteiger partial charge in [0.05, 0.1) is 0 Å². The second-order valence-corrected chi connectivity index (χ2v) is 5.91. The second kappa shape index (κ2) is 5.59. The Morgan fingerprint density at radius 2 is 1.75 bits per heavy atom. The van der Waals surface area contributed by atoms with Crippen LogP contribution >= 0.6 is 11.3 Å². The van der Waals surface area contributed by atoms with Gasteiger partial charge in [0.2, 0.25) is 5.52 Å². The first kappa shape index (κ1) is 13.1. The fraction of sp³-hybridized carbons (Fsp3) is 0.167. The average Bonchev–Trinajstić information content (AvgIpc) is 2.85. The van der Waals surface area contributed by atoms with Crippen molar-refractivity contribution in [3.05, 3.63) is 65.2 Å². The summed E-state index contributed by atoms with van der Waals surface area (Å²) in [6, 6.07) is 19.2. The van der Waals surface area contributed by atoms with Gasteiger partial charge < -0.3 is 0 Å². The van der Waals surface area contributed by atoms with Crippen LogP contribution in [0.3, 0.4) is 0 Å². The smallest absolute Gasteiger partial charge is 0.182 e. The molecule has 3 aromatic rings. The van der Waals surface area contributed by atoms with Crippen molar-refractivity contribution in [3.8, 4) is 0 Å². The molecular formula is C18H18NS+. The van der Waals surface area contributed by atoms with Gasteiger partial charge in [0.1, 0.15) is 11.2 Å². The Morgan fingerprint density at radius 1 is 1.05 bits per heavy atom. The van der Waals surface area contributed by atoms with Gasteiger partial charge in [-0.2, -0.15) is 4.57 Å². The van der Waals surface area contributed by atoms with Crippen molar-refractivity contribution in [3.63, 3.8) is 0 Å². The molecule has 0 aliphatic rings. The number of thiazole rings is 1. The van der Waals surface area contributed by atoms with Gasteiger partial charge in [0, 0.05) is 12.1 Å². The number of benzene rings is 2. The van der Waals surface area contributed by atoms with Gasteiger partial charge in [-0.1, -0.05) is 53.8 Å². The van der Waals surface area contributed by atoms with Crippen LogP contribution in [0.4, 0.5) is 0 Å². The maximum atomic E-state index is 2.38. The van der Waals surface area contributed by atoms with Crippen molar-refractivity contribution in [1.29, 1.82) is 0 Å². The van der Waals surface area contributed by atoms with Gasteiger partial charge in [-0.3, -0.25) is 0 Å². The molecule has 0 radical (unpaired) electrons. The van der Waals surface area contributed by atoms with E-state index in [1.54, 1.807) is 0 Å². The van der Waals surface area contributed by atoms with Crippen LogP contribution in [0.1, 0.15) is 24.4 Å². The first-order valence-electron chi connectivity index (χ1n) is 6.94. The molecule has 1 nitrogen and oxygen atoms in total. The number of nitrogens with zero attached hydrogens (tertiary/aromatic N) is 1. The van der Waals surface area contributed by atoms with E-state index in [0.717, 1.165) is 6.54 Å². The highest BCUT2D eigenvalue weighted by atomic mass is 32.1. The normalized spacial score (nSPS) is 12.0. The maximum absolute atomic E-state index is 2.38. The van der Waals surface area contributed by atoms with Gasteiger partial charge in [-0.25, -0.2) is 0 Å². The third-order valence-corrected chi connectivity index (χ3v) is 4.63. The SMILES string of the molecule is CC[n+]1c(C=C(C)c2ccccc2)sc2ccccc21. The molecule has 2 heteroatoms. The molecule has 0 saturated carbocycles. The summed E-state index contributed by atoms with van der Waals surface area (Å²) in [4.78, 5) is 0. The van der Waals surface area contributed by atoms with E-state index in [-0.39, 0.29) is 0 Å². The number of hydrogen-bond acceptors (Lipinski definition) is 1. The number of hydrogen-bond donors (Lipinski definition) is 0. The van der Waals surface area contributed by atoms with Gasteiger partial charge in [-0.05, 0) is 31.1 Å². The van der Waals surface area contributed by atoms with Crippen molar-refractivity contribution < 1.29 is 4.57 Å². The van der Waals surface area contributed by atoms with E-state index in [1.165, 1.54) is 26.4 Å². The Balaban J connectivity index is 2.11. The first-order valence-corrected chi connectivity index (χ1v) is 7.76. The lowest BCUT2D eigenvalue weighted by molar-refractivity contribution is -0.665. The van der Waals surface area contributed by atoms with Crippen LogP contribution in [-0.2, 0) is 6.54 Å². The van der Waals surface area contributed by atoms with Crippen molar-refractivity contribution >= 4 is 33.2 Å². The molecular weight excluding hydrogens is 262 g/mol. The number of para-hydroxylation sites is 1. The fourth-order valence-electron chi connectivity index (χ4n) is 2.46. The molecule has 1 heterocycles. The van der Waals surface area contributed by atoms with Crippen molar-refractivity contribution in [1.82, 2.24) is 0 Å². The monoisotopic (exact) mass is 280 g/mol. The van der Waals surface area contributed by atoms with Crippen molar-refractivity contribution in [2.24, 2.45) is 0 Å². The van der Waals surface area contributed by atoms with Crippen LogP contribution in [0.15, 0.2) is 54.6 Å². The zero-order valence-corrected chi connectivity index (χ0v) is 12.7. The van der Waals surface area contributed by atoms with E-state index in [0.29, 0.717) is 0 Å². The minimum Gasteiger partial charge on any atom is -0.182 e. The van der Waals surface area contributed by atoms with E-state index in [2.05, 4.69) is 79.1 Å². The topological polar surface area (TPSA) is 3.88 Å². The Hall–Kier alpha value is -1.93. The minimum atomic E-state index is 0.998. The zero-order valence-electron chi connectivity index (χ0n) is 11.8. The predicted molar refractivity (Wildman–Crippen MR) is 87.7 cm³/mol. The Bertz CT molecular complexity index is 753. The highest BCUT2D eigenvalue weighted by molar-refractivity contribution is 7.18. The lowest BCUT2D eigenvalue weighted by atomic mass is 10.1. The number of rotatable bonds is 3. The summed E-state index contributed by atoms with van der Waals surface area (Å²) < 4.78 is 3.73. The molecule has 0 amide bonds. The van der Waals surface area contributed by atoms with Crippen molar-refractivity contribution in [2.75, 3.05) is 0 Å². The third-order valence-electron chi connectivity index (χ3n) is 3.52. The molecule has 3 rings (SSSR count). The second-order valence-electron chi connectivity index (χ2n) is 4.85. The summed E-state index contributed by atoms with van der Waals surface area (Å²) in [6.45, 7) is 5.38. The maximum Gasteiger partial charge on any atom is 0.263 e. The predicted octanol–water partition coefficient (Wildman–Crippen LogP) is 4.77. The summed E-state index contributed by atoms with van der Waals surface area (Å²) in [6.07, 6.45) is 2.30. The lowest BCUT2D eigenvalue weighted by Gasteiger charge is -1.99. The summed E-state index contributed by atoms with van der Waals surface area (Å²) in [5, 5.41) is 1.31. The van der Waals surface area contributed by atoms with Crippen LogP contribution in [-0.4, -0.2) is 0 Å². The van der Waals surface area contributed by atoms with E-state index < -0.39 is 0 Å². The van der Waals surface area contributed by atoms with Gasteiger partial charge in [0.15, 0.2) is 0 Å². The highest BCUT2D eigenvalue weighted by Crippen LogP contribution is 2.24. The molecule has 0 spiro atoms. The summed E-state index contributed by atoms with van der Waals surface area (Å²) >= 11 is 1.86.